The molecule has 0 spiro atoms. The van der Waals surface area contributed by atoms with Gasteiger partial charge in [-0.3, -0.25) is 4.79 Å². The van der Waals surface area contributed by atoms with Crippen LogP contribution in [0.5, 0.6) is 5.75 Å². The zero-order chi connectivity index (χ0) is 15.4. The van der Waals surface area contributed by atoms with Gasteiger partial charge in [0.2, 0.25) is 0 Å². The first-order chi connectivity index (χ1) is 9.95. The Morgan fingerprint density at radius 3 is 2.52 bits per heavy atom. The fourth-order valence-electron chi connectivity index (χ4n) is 1.84. The number of ether oxygens (including phenoxy) is 1. The van der Waals surface area contributed by atoms with E-state index >= 15 is 0 Å². The maximum absolute atomic E-state index is 12.1. The molecule has 0 atom stereocenters. The molecule has 0 saturated carbocycles. The van der Waals surface area contributed by atoms with E-state index in [2.05, 4.69) is 5.32 Å². The summed E-state index contributed by atoms with van der Waals surface area (Å²) in [4.78, 5) is 12.4. The van der Waals surface area contributed by atoms with Gasteiger partial charge in [0.15, 0.2) is 0 Å². The van der Waals surface area contributed by atoms with Crippen LogP contribution in [0.25, 0.3) is 0 Å². The largest absolute Gasteiger partial charge is 0.487 e. The SMILES string of the molecule is Cc1cc(C(=O)Nc2ccc(OCC(N)=S)cc2)c(C)o1. The summed E-state index contributed by atoms with van der Waals surface area (Å²) >= 11 is 4.73. The van der Waals surface area contributed by atoms with Gasteiger partial charge in [-0.05, 0) is 44.2 Å². The van der Waals surface area contributed by atoms with Crippen LogP contribution in [-0.4, -0.2) is 17.5 Å². The Morgan fingerprint density at radius 2 is 2.00 bits per heavy atom. The molecule has 0 bridgehead atoms. The van der Waals surface area contributed by atoms with Crippen LogP contribution in [0.1, 0.15) is 21.9 Å². The lowest BCUT2D eigenvalue weighted by Crippen LogP contribution is -2.17. The van der Waals surface area contributed by atoms with Gasteiger partial charge in [0.25, 0.3) is 5.91 Å². The molecule has 0 radical (unpaired) electrons. The number of benzene rings is 1. The average Bonchev–Trinajstić information content (AvgIpc) is 2.77. The van der Waals surface area contributed by atoms with E-state index in [1.165, 1.54) is 0 Å². The highest BCUT2D eigenvalue weighted by Crippen LogP contribution is 2.19. The molecule has 1 amide bonds. The average molecular weight is 304 g/mol. The van der Waals surface area contributed by atoms with E-state index in [9.17, 15) is 4.79 Å². The first-order valence-electron chi connectivity index (χ1n) is 6.35. The van der Waals surface area contributed by atoms with Gasteiger partial charge in [0.05, 0.1) is 5.56 Å². The van der Waals surface area contributed by atoms with Gasteiger partial charge < -0.3 is 20.2 Å². The maximum Gasteiger partial charge on any atom is 0.259 e. The molecule has 3 N–H and O–H groups in total. The second-order valence-corrected chi connectivity index (χ2v) is 5.08. The van der Waals surface area contributed by atoms with Crippen LogP contribution in [0.2, 0.25) is 0 Å². The number of carbonyl (C=O) groups excluding carboxylic acids is 1. The van der Waals surface area contributed by atoms with Gasteiger partial charge in [0, 0.05) is 5.69 Å². The number of furan rings is 1. The van der Waals surface area contributed by atoms with Gasteiger partial charge in [-0.15, -0.1) is 0 Å². The van der Waals surface area contributed by atoms with Crippen LogP contribution in [0.15, 0.2) is 34.7 Å². The van der Waals surface area contributed by atoms with Gasteiger partial charge in [0.1, 0.15) is 28.9 Å². The number of nitrogens with one attached hydrogen (secondary N) is 1. The molecule has 1 heterocycles. The second kappa shape index (κ2) is 6.41. The predicted octanol–water partition coefficient (Wildman–Crippen LogP) is 2.81. The lowest BCUT2D eigenvalue weighted by molar-refractivity contribution is 0.102. The first-order valence-corrected chi connectivity index (χ1v) is 6.76. The Morgan fingerprint density at radius 1 is 1.33 bits per heavy atom. The van der Waals surface area contributed by atoms with Crippen LogP contribution < -0.4 is 15.8 Å². The van der Waals surface area contributed by atoms with Gasteiger partial charge in [-0.25, -0.2) is 0 Å². The zero-order valence-electron chi connectivity index (χ0n) is 11.8. The molecule has 1 aromatic carbocycles. The number of anilines is 1. The summed E-state index contributed by atoms with van der Waals surface area (Å²) in [5, 5.41) is 2.80. The third-order valence-corrected chi connectivity index (χ3v) is 2.90. The van der Waals surface area contributed by atoms with E-state index in [1.807, 2.05) is 0 Å². The molecule has 0 unspecified atom stereocenters. The van der Waals surface area contributed by atoms with Gasteiger partial charge in [-0.1, -0.05) is 12.2 Å². The zero-order valence-corrected chi connectivity index (χ0v) is 12.6. The van der Waals surface area contributed by atoms with E-state index in [0.29, 0.717) is 28.5 Å². The van der Waals surface area contributed by atoms with Crippen molar-refractivity contribution in [3.63, 3.8) is 0 Å². The Labute approximate surface area is 128 Å². The number of aryl methyl sites for hydroxylation is 2. The summed E-state index contributed by atoms with van der Waals surface area (Å²) in [7, 11) is 0. The molecule has 21 heavy (non-hydrogen) atoms. The summed E-state index contributed by atoms with van der Waals surface area (Å²) in [5.41, 5.74) is 6.55. The molecule has 6 heteroatoms. The van der Waals surface area contributed by atoms with Crippen molar-refractivity contribution in [1.29, 1.82) is 0 Å². The number of amides is 1. The second-order valence-electron chi connectivity index (χ2n) is 4.56. The number of rotatable bonds is 5. The van der Waals surface area contributed by atoms with Crippen LogP contribution in [0.3, 0.4) is 0 Å². The van der Waals surface area contributed by atoms with Gasteiger partial charge >= 0.3 is 0 Å². The van der Waals surface area contributed by atoms with Crippen molar-refractivity contribution in [3.8, 4) is 5.75 Å². The predicted molar refractivity (Wildman–Crippen MR) is 84.9 cm³/mol. The Hall–Kier alpha value is -2.34. The summed E-state index contributed by atoms with van der Waals surface area (Å²) < 4.78 is 10.7. The highest BCUT2D eigenvalue weighted by molar-refractivity contribution is 7.80. The van der Waals surface area contributed by atoms with Crippen molar-refractivity contribution >= 4 is 28.8 Å². The fourth-order valence-corrected chi connectivity index (χ4v) is 1.90. The molecule has 0 aliphatic heterocycles. The molecule has 5 nitrogen and oxygen atoms in total. The topological polar surface area (TPSA) is 77.5 Å². The monoisotopic (exact) mass is 304 g/mol. The molecular formula is C15H16N2O3S. The molecule has 1 aromatic heterocycles. The highest BCUT2D eigenvalue weighted by atomic mass is 32.1. The summed E-state index contributed by atoms with van der Waals surface area (Å²) in [5.74, 6) is 1.73. The Kier molecular flexibility index (Phi) is 4.59. The standard InChI is InChI=1S/C15H16N2O3S/c1-9-7-13(10(2)20-9)15(18)17-11-3-5-12(6-4-11)19-8-14(16)21/h3-7H,8H2,1-2H3,(H2,16,21)(H,17,18). The number of thiocarbonyl (C=S) groups is 1. The summed E-state index contributed by atoms with van der Waals surface area (Å²) in [6.45, 7) is 3.75. The number of nitrogens with two attached hydrogens (primary N) is 1. The minimum absolute atomic E-state index is 0.189. The Bertz CT molecular complexity index is 662. The molecule has 0 fully saturated rings. The van der Waals surface area contributed by atoms with Crippen LogP contribution in [0.4, 0.5) is 5.69 Å². The lowest BCUT2D eigenvalue weighted by atomic mass is 10.2. The van der Waals surface area contributed by atoms with E-state index in [4.69, 9.17) is 27.1 Å². The Balaban J connectivity index is 2.01. The van der Waals surface area contributed by atoms with Crippen LogP contribution in [0, 0.1) is 13.8 Å². The van der Waals surface area contributed by atoms with Crippen molar-refractivity contribution in [2.45, 2.75) is 13.8 Å². The number of hydrogen-bond donors (Lipinski definition) is 2. The smallest absolute Gasteiger partial charge is 0.259 e. The van der Waals surface area contributed by atoms with Crippen molar-refractivity contribution in [1.82, 2.24) is 0 Å². The molecule has 2 rings (SSSR count). The summed E-state index contributed by atoms with van der Waals surface area (Å²) in [6.07, 6.45) is 0. The molecular weight excluding hydrogens is 288 g/mol. The minimum Gasteiger partial charge on any atom is -0.487 e. The number of hydrogen-bond acceptors (Lipinski definition) is 4. The van der Waals surface area contributed by atoms with Crippen molar-refractivity contribution in [3.05, 3.63) is 47.4 Å². The van der Waals surface area contributed by atoms with Crippen molar-refractivity contribution in [2.24, 2.45) is 5.73 Å². The highest BCUT2D eigenvalue weighted by Gasteiger charge is 2.13. The number of carbonyl (C=O) groups is 1. The first kappa shape index (κ1) is 15.1. The fraction of sp³-hybridized carbons (Fsp3) is 0.200. The van der Waals surface area contributed by atoms with Crippen molar-refractivity contribution < 1.29 is 13.9 Å². The minimum atomic E-state index is -0.207. The normalized spacial score (nSPS) is 10.2. The maximum atomic E-state index is 12.1. The van der Waals surface area contributed by atoms with Crippen LogP contribution in [-0.2, 0) is 0 Å². The van der Waals surface area contributed by atoms with Crippen molar-refractivity contribution in [2.75, 3.05) is 11.9 Å². The third kappa shape index (κ3) is 4.06. The van der Waals surface area contributed by atoms with E-state index in [-0.39, 0.29) is 17.5 Å². The lowest BCUT2D eigenvalue weighted by Gasteiger charge is -2.07. The van der Waals surface area contributed by atoms with Gasteiger partial charge in [-0.2, -0.15) is 0 Å². The van der Waals surface area contributed by atoms with E-state index in [0.717, 1.165) is 0 Å². The third-order valence-electron chi connectivity index (χ3n) is 2.78. The van der Waals surface area contributed by atoms with E-state index in [1.54, 1.807) is 44.2 Å². The summed E-state index contributed by atoms with van der Waals surface area (Å²) in [6, 6.07) is 8.68. The quantitative estimate of drug-likeness (QED) is 0.831. The molecule has 2 aromatic rings. The molecule has 0 aliphatic carbocycles. The van der Waals surface area contributed by atoms with Crippen LogP contribution >= 0.6 is 12.2 Å². The van der Waals surface area contributed by atoms with E-state index < -0.39 is 0 Å². The molecule has 0 aliphatic rings. The molecule has 110 valence electrons. The molecule has 0 saturated heterocycles.